The third kappa shape index (κ3) is 2.52. The van der Waals surface area contributed by atoms with E-state index in [1.807, 2.05) is 45.2 Å². The van der Waals surface area contributed by atoms with Crippen LogP contribution in [0.2, 0.25) is 0 Å². The van der Waals surface area contributed by atoms with Crippen molar-refractivity contribution in [2.24, 2.45) is 0 Å². The van der Waals surface area contributed by atoms with Gasteiger partial charge in [0.05, 0.1) is 12.7 Å². The standard InChI is InChI=1S/C16H8I2O3/c17-12-6-8(7-13(18)16(12)21)5-11-14(19)9-3-1-2-4-10(9)15(11)20/h1-7,21H. The zero-order valence-corrected chi connectivity index (χ0v) is 14.9. The van der Waals surface area contributed by atoms with Crippen molar-refractivity contribution in [3.8, 4) is 5.75 Å². The Bertz CT molecular complexity index is 762. The minimum Gasteiger partial charge on any atom is -0.506 e. The van der Waals surface area contributed by atoms with Gasteiger partial charge >= 0.3 is 0 Å². The fourth-order valence-corrected chi connectivity index (χ4v) is 4.05. The molecule has 0 spiro atoms. The van der Waals surface area contributed by atoms with Crippen molar-refractivity contribution >= 4 is 62.8 Å². The number of phenolic OH excluding ortho intramolecular Hbond substituents is 1. The van der Waals surface area contributed by atoms with Gasteiger partial charge in [-0.2, -0.15) is 0 Å². The quantitative estimate of drug-likeness (QED) is 0.364. The molecule has 0 atom stereocenters. The van der Waals surface area contributed by atoms with Crippen LogP contribution in [0.3, 0.4) is 0 Å². The van der Waals surface area contributed by atoms with E-state index in [9.17, 15) is 14.7 Å². The highest BCUT2D eigenvalue weighted by Gasteiger charge is 2.32. The number of carbonyl (C=O) groups is 2. The smallest absolute Gasteiger partial charge is 0.197 e. The molecule has 0 saturated heterocycles. The Hall–Kier alpha value is -1.22. The highest BCUT2D eigenvalue weighted by Crippen LogP contribution is 2.31. The summed E-state index contributed by atoms with van der Waals surface area (Å²) in [6, 6.07) is 10.3. The topological polar surface area (TPSA) is 54.4 Å². The van der Waals surface area contributed by atoms with E-state index in [4.69, 9.17) is 0 Å². The summed E-state index contributed by atoms with van der Waals surface area (Å²) in [6.45, 7) is 0. The van der Waals surface area contributed by atoms with Crippen LogP contribution in [0.1, 0.15) is 26.3 Å². The molecule has 2 aromatic carbocycles. The Labute approximate surface area is 148 Å². The van der Waals surface area contributed by atoms with Gasteiger partial charge in [0, 0.05) is 11.1 Å². The first-order valence-corrected chi connectivity index (χ1v) is 8.23. The number of halogens is 2. The van der Waals surface area contributed by atoms with Crippen LogP contribution in [-0.4, -0.2) is 16.7 Å². The van der Waals surface area contributed by atoms with Crippen molar-refractivity contribution in [2.45, 2.75) is 0 Å². The van der Waals surface area contributed by atoms with Crippen LogP contribution in [0.25, 0.3) is 6.08 Å². The van der Waals surface area contributed by atoms with Gasteiger partial charge in [-0.15, -0.1) is 0 Å². The average molecular weight is 502 g/mol. The van der Waals surface area contributed by atoms with Crippen molar-refractivity contribution in [3.63, 3.8) is 0 Å². The molecule has 1 aliphatic carbocycles. The van der Waals surface area contributed by atoms with Crippen LogP contribution < -0.4 is 0 Å². The summed E-state index contributed by atoms with van der Waals surface area (Å²) in [4.78, 5) is 24.6. The zero-order chi connectivity index (χ0) is 15.1. The van der Waals surface area contributed by atoms with Crippen molar-refractivity contribution in [2.75, 3.05) is 0 Å². The van der Waals surface area contributed by atoms with Crippen LogP contribution >= 0.6 is 45.2 Å². The van der Waals surface area contributed by atoms with Crippen LogP contribution in [0, 0.1) is 7.14 Å². The monoisotopic (exact) mass is 502 g/mol. The number of allylic oxidation sites excluding steroid dienone is 1. The lowest BCUT2D eigenvalue weighted by molar-refractivity contribution is 0.0990. The summed E-state index contributed by atoms with van der Waals surface area (Å²) < 4.78 is 1.36. The van der Waals surface area contributed by atoms with E-state index >= 15 is 0 Å². The molecule has 0 aliphatic heterocycles. The van der Waals surface area contributed by atoms with Gasteiger partial charge in [0.1, 0.15) is 5.75 Å². The van der Waals surface area contributed by atoms with E-state index < -0.39 is 0 Å². The van der Waals surface area contributed by atoms with Crippen molar-refractivity contribution in [3.05, 3.63) is 65.8 Å². The Morgan fingerprint density at radius 2 is 1.38 bits per heavy atom. The van der Waals surface area contributed by atoms with E-state index in [-0.39, 0.29) is 22.9 Å². The van der Waals surface area contributed by atoms with Gasteiger partial charge in [-0.3, -0.25) is 9.59 Å². The number of rotatable bonds is 1. The van der Waals surface area contributed by atoms with E-state index in [2.05, 4.69) is 0 Å². The molecule has 0 unspecified atom stereocenters. The number of fused-ring (bicyclic) bond motifs is 1. The lowest BCUT2D eigenvalue weighted by Crippen LogP contribution is -2.00. The Morgan fingerprint density at radius 1 is 0.905 bits per heavy atom. The molecule has 3 rings (SSSR count). The van der Waals surface area contributed by atoms with E-state index in [1.165, 1.54) is 0 Å². The second-order valence-electron chi connectivity index (χ2n) is 4.60. The molecule has 5 heteroatoms. The number of hydrogen-bond donors (Lipinski definition) is 1. The second kappa shape index (κ2) is 5.53. The van der Waals surface area contributed by atoms with Crippen molar-refractivity contribution in [1.29, 1.82) is 0 Å². The molecular formula is C16H8I2O3. The molecule has 1 aliphatic rings. The molecule has 0 aromatic heterocycles. The lowest BCUT2D eigenvalue weighted by Gasteiger charge is -2.03. The second-order valence-corrected chi connectivity index (χ2v) is 6.92. The largest absolute Gasteiger partial charge is 0.506 e. The fourth-order valence-electron chi connectivity index (χ4n) is 2.24. The molecule has 21 heavy (non-hydrogen) atoms. The van der Waals surface area contributed by atoms with Gasteiger partial charge in [0.15, 0.2) is 11.6 Å². The zero-order valence-electron chi connectivity index (χ0n) is 10.6. The van der Waals surface area contributed by atoms with E-state index in [1.54, 1.807) is 42.5 Å². The van der Waals surface area contributed by atoms with Crippen molar-refractivity contribution in [1.82, 2.24) is 0 Å². The van der Waals surface area contributed by atoms with Crippen LogP contribution in [0.5, 0.6) is 5.75 Å². The van der Waals surface area contributed by atoms with E-state index in [0.29, 0.717) is 18.3 Å². The molecular weight excluding hydrogens is 494 g/mol. The number of benzene rings is 2. The molecule has 0 heterocycles. The highest BCUT2D eigenvalue weighted by molar-refractivity contribution is 14.1. The summed E-state index contributed by atoms with van der Waals surface area (Å²) in [5.41, 5.74) is 1.81. The molecule has 104 valence electrons. The van der Waals surface area contributed by atoms with Gasteiger partial charge in [0.2, 0.25) is 0 Å². The Morgan fingerprint density at radius 3 is 1.86 bits per heavy atom. The minimum absolute atomic E-state index is 0.175. The maximum atomic E-state index is 12.3. The van der Waals surface area contributed by atoms with Gasteiger partial charge in [-0.05, 0) is 69.0 Å². The maximum Gasteiger partial charge on any atom is 0.197 e. The SMILES string of the molecule is O=C1C(=Cc2cc(I)c(O)c(I)c2)C(=O)c2ccccc21. The number of carbonyl (C=O) groups excluding carboxylic acids is 2. The molecule has 0 saturated carbocycles. The van der Waals surface area contributed by atoms with Crippen LogP contribution in [-0.2, 0) is 0 Å². The average Bonchev–Trinajstić information content (AvgIpc) is 2.70. The van der Waals surface area contributed by atoms with Gasteiger partial charge in [0.25, 0.3) is 0 Å². The Balaban J connectivity index is 2.11. The van der Waals surface area contributed by atoms with Gasteiger partial charge in [-0.25, -0.2) is 0 Å². The maximum absolute atomic E-state index is 12.3. The summed E-state index contributed by atoms with van der Waals surface area (Å²) in [5, 5.41) is 9.77. The molecule has 3 nitrogen and oxygen atoms in total. The summed E-state index contributed by atoms with van der Waals surface area (Å²) in [5.74, 6) is -0.270. The summed E-state index contributed by atoms with van der Waals surface area (Å²) >= 11 is 4.04. The third-order valence-electron chi connectivity index (χ3n) is 3.26. The normalized spacial score (nSPS) is 13.5. The highest BCUT2D eigenvalue weighted by atomic mass is 127. The minimum atomic E-state index is -0.242. The molecule has 0 radical (unpaired) electrons. The third-order valence-corrected chi connectivity index (χ3v) is 4.90. The predicted octanol–water partition coefficient (Wildman–Crippen LogP) is 4.06. The van der Waals surface area contributed by atoms with Gasteiger partial charge < -0.3 is 5.11 Å². The first-order chi connectivity index (χ1) is 9.99. The first kappa shape index (κ1) is 14.7. The van der Waals surface area contributed by atoms with E-state index in [0.717, 1.165) is 5.56 Å². The summed E-state index contributed by atoms with van der Waals surface area (Å²) in [6.07, 6.45) is 1.59. The Kier molecular flexibility index (Phi) is 3.87. The number of hydrogen-bond acceptors (Lipinski definition) is 3. The number of ketones is 2. The number of phenols is 1. The van der Waals surface area contributed by atoms with Crippen molar-refractivity contribution < 1.29 is 14.7 Å². The molecule has 0 bridgehead atoms. The molecule has 1 N–H and O–H groups in total. The molecule has 2 aromatic rings. The van der Waals surface area contributed by atoms with Gasteiger partial charge in [-0.1, -0.05) is 24.3 Å². The molecule has 0 amide bonds. The van der Waals surface area contributed by atoms with Crippen LogP contribution in [0.4, 0.5) is 0 Å². The summed E-state index contributed by atoms with van der Waals surface area (Å²) in [7, 11) is 0. The predicted molar refractivity (Wildman–Crippen MR) is 96.6 cm³/mol. The first-order valence-electron chi connectivity index (χ1n) is 6.07. The van der Waals surface area contributed by atoms with Crippen LogP contribution in [0.15, 0.2) is 42.0 Å². The fraction of sp³-hybridized carbons (Fsp3) is 0. The lowest BCUT2D eigenvalue weighted by atomic mass is 10.1. The molecule has 0 fully saturated rings. The number of aromatic hydroxyl groups is 1. The number of Topliss-reactive ketones (excluding diaryl/α,β-unsaturated/α-hetero) is 2.